The van der Waals surface area contributed by atoms with E-state index in [0.29, 0.717) is 25.7 Å². The SMILES string of the molecule is C#CCCC1(CCC(=O)Nc2ccc(N(C)C)c3ccncc23)N=N1. The molecule has 0 atom stereocenters. The topological polar surface area (TPSA) is 70.0 Å². The summed E-state index contributed by atoms with van der Waals surface area (Å²) < 4.78 is 0. The van der Waals surface area contributed by atoms with Crippen LogP contribution in [0.4, 0.5) is 11.4 Å². The number of pyridine rings is 1. The van der Waals surface area contributed by atoms with E-state index in [9.17, 15) is 4.79 Å². The van der Waals surface area contributed by atoms with Gasteiger partial charge in [0.2, 0.25) is 5.91 Å². The van der Waals surface area contributed by atoms with E-state index in [1.54, 1.807) is 12.4 Å². The molecule has 0 unspecified atom stereocenters. The zero-order valence-corrected chi connectivity index (χ0v) is 14.5. The molecular weight excluding hydrogens is 314 g/mol. The van der Waals surface area contributed by atoms with Crippen LogP contribution in [0, 0.1) is 12.3 Å². The van der Waals surface area contributed by atoms with Crippen LogP contribution in [0.15, 0.2) is 40.8 Å². The van der Waals surface area contributed by atoms with Crippen molar-refractivity contribution in [1.82, 2.24) is 4.98 Å². The number of nitrogens with one attached hydrogen (secondary N) is 1. The van der Waals surface area contributed by atoms with Gasteiger partial charge in [-0.05, 0) is 18.2 Å². The number of nitrogens with zero attached hydrogens (tertiary/aromatic N) is 4. The molecule has 3 rings (SSSR count). The van der Waals surface area contributed by atoms with Gasteiger partial charge in [0.15, 0.2) is 5.66 Å². The summed E-state index contributed by atoms with van der Waals surface area (Å²) in [5.41, 5.74) is 1.42. The zero-order valence-electron chi connectivity index (χ0n) is 14.5. The van der Waals surface area contributed by atoms with Crippen LogP contribution >= 0.6 is 0 Å². The smallest absolute Gasteiger partial charge is 0.224 e. The number of benzene rings is 1. The molecule has 0 fully saturated rings. The van der Waals surface area contributed by atoms with E-state index in [1.165, 1.54) is 0 Å². The number of anilines is 2. The lowest BCUT2D eigenvalue weighted by molar-refractivity contribution is -0.116. The van der Waals surface area contributed by atoms with E-state index < -0.39 is 5.66 Å². The molecule has 1 aliphatic rings. The maximum atomic E-state index is 12.4. The second-order valence-corrected chi connectivity index (χ2v) is 6.38. The monoisotopic (exact) mass is 335 g/mol. The molecule has 1 aromatic carbocycles. The Morgan fingerprint density at radius 1 is 1.24 bits per heavy atom. The fraction of sp³-hybridized carbons (Fsp3) is 0.368. The van der Waals surface area contributed by atoms with Crippen LogP contribution in [0.1, 0.15) is 25.7 Å². The largest absolute Gasteiger partial charge is 0.377 e. The molecule has 128 valence electrons. The molecule has 2 heterocycles. The average molecular weight is 335 g/mol. The minimum atomic E-state index is -0.428. The van der Waals surface area contributed by atoms with E-state index in [1.807, 2.05) is 37.2 Å². The predicted octanol–water partition coefficient (Wildman–Crippen LogP) is 3.60. The highest BCUT2D eigenvalue weighted by Gasteiger charge is 2.39. The van der Waals surface area contributed by atoms with E-state index >= 15 is 0 Å². The third kappa shape index (κ3) is 3.77. The van der Waals surface area contributed by atoms with Crippen molar-refractivity contribution in [1.29, 1.82) is 0 Å². The molecule has 25 heavy (non-hydrogen) atoms. The zero-order chi connectivity index (χ0) is 17.9. The summed E-state index contributed by atoms with van der Waals surface area (Å²) in [7, 11) is 3.98. The number of hydrogen-bond donors (Lipinski definition) is 1. The fourth-order valence-corrected chi connectivity index (χ4v) is 2.87. The van der Waals surface area contributed by atoms with Crippen LogP contribution in [-0.2, 0) is 4.79 Å². The van der Waals surface area contributed by atoms with Crippen molar-refractivity contribution in [3.05, 3.63) is 30.6 Å². The first kappa shape index (κ1) is 16.9. The summed E-state index contributed by atoms with van der Waals surface area (Å²) in [4.78, 5) is 18.6. The number of amides is 1. The van der Waals surface area contributed by atoms with E-state index in [-0.39, 0.29) is 5.91 Å². The number of hydrogen-bond acceptors (Lipinski definition) is 5. The number of carbonyl (C=O) groups excluding carboxylic acids is 1. The predicted molar refractivity (Wildman–Crippen MR) is 99.6 cm³/mol. The highest BCUT2D eigenvalue weighted by Crippen LogP contribution is 2.38. The molecule has 6 heteroatoms. The highest BCUT2D eigenvalue weighted by molar-refractivity contribution is 6.06. The van der Waals surface area contributed by atoms with Gasteiger partial charge in [-0.25, -0.2) is 0 Å². The summed E-state index contributed by atoms with van der Waals surface area (Å²) in [5.74, 6) is 2.54. The third-order valence-electron chi connectivity index (χ3n) is 4.36. The second-order valence-electron chi connectivity index (χ2n) is 6.38. The van der Waals surface area contributed by atoms with Crippen molar-refractivity contribution >= 4 is 28.1 Å². The molecule has 6 nitrogen and oxygen atoms in total. The van der Waals surface area contributed by atoms with Gasteiger partial charge in [0.25, 0.3) is 0 Å². The average Bonchev–Trinajstić information content (AvgIpc) is 3.39. The number of terminal acetylenes is 1. The molecule has 0 saturated heterocycles. The van der Waals surface area contributed by atoms with Gasteiger partial charge in [0.1, 0.15) is 0 Å². The summed E-state index contributed by atoms with van der Waals surface area (Å²) in [5, 5.41) is 13.1. The van der Waals surface area contributed by atoms with E-state index in [4.69, 9.17) is 6.42 Å². The Morgan fingerprint density at radius 2 is 2.04 bits per heavy atom. The molecule has 1 aliphatic heterocycles. The Bertz CT molecular complexity index is 860. The number of carbonyl (C=O) groups is 1. The van der Waals surface area contributed by atoms with Crippen molar-refractivity contribution < 1.29 is 4.79 Å². The Morgan fingerprint density at radius 3 is 2.72 bits per heavy atom. The summed E-state index contributed by atoms with van der Waals surface area (Å²) in [6, 6.07) is 5.87. The molecule has 0 bridgehead atoms. The van der Waals surface area contributed by atoms with Crippen molar-refractivity contribution in [2.75, 3.05) is 24.3 Å². The molecule has 2 aromatic rings. The van der Waals surface area contributed by atoms with Gasteiger partial charge in [0, 0.05) is 68.6 Å². The minimum Gasteiger partial charge on any atom is -0.377 e. The first-order chi connectivity index (χ1) is 12.0. The van der Waals surface area contributed by atoms with Gasteiger partial charge < -0.3 is 10.2 Å². The lowest BCUT2D eigenvalue weighted by Crippen LogP contribution is -2.18. The van der Waals surface area contributed by atoms with E-state index in [2.05, 4.69) is 26.4 Å². The van der Waals surface area contributed by atoms with Crippen LogP contribution in [0.3, 0.4) is 0 Å². The summed E-state index contributed by atoms with van der Waals surface area (Å²) in [6.07, 6.45) is 11.1. The summed E-state index contributed by atoms with van der Waals surface area (Å²) in [6.45, 7) is 0. The molecule has 0 radical (unpaired) electrons. The quantitative estimate of drug-likeness (QED) is 0.786. The van der Waals surface area contributed by atoms with Crippen molar-refractivity contribution in [3.63, 3.8) is 0 Å². The Kier molecular flexibility index (Phi) is 4.66. The van der Waals surface area contributed by atoms with Gasteiger partial charge in [-0.15, -0.1) is 12.3 Å². The lowest BCUT2D eigenvalue weighted by atomic mass is 10.0. The second kappa shape index (κ2) is 6.89. The number of fused-ring (bicyclic) bond motifs is 1. The van der Waals surface area contributed by atoms with Gasteiger partial charge in [-0.2, -0.15) is 10.2 Å². The maximum absolute atomic E-state index is 12.4. The van der Waals surface area contributed by atoms with Crippen molar-refractivity contribution in [2.45, 2.75) is 31.3 Å². The van der Waals surface area contributed by atoms with Gasteiger partial charge in [-0.3, -0.25) is 9.78 Å². The Balaban J connectivity index is 1.70. The third-order valence-corrected chi connectivity index (χ3v) is 4.36. The van der Waals surface area contributed by atoms with Crippen molar-refractivity contribution in [3.8, 4) is 12.3 Å². The molecule has 1 N–H and O–H groups in total. The first-order valence-electron chi connectivity index (χ1n) is 8.26. The molecule has 0 saturated carbocycles. The van der Waals surface area contributed by atoms with Crippen molar-refractivity contribution in [2.24, 2.45) is 10.2 Å². The van der Waals surface area contributed by atoms with Gasteiger partial charge in [-0.1, -0.05) is 0 Å². The highest BCUT2D eigenvalue weighted by atomic mass is 16.1. The summed E-state index contributed by atoms with van der Waals surface area (Å²) >= 11 is 0. The van der Waals surface area contributed by atoms with Crippen LogP contribution in [-0.4, -0.2) is 30.6 Å². The minimum absolute atomic E-state index is 0.0554. The normalized spacial score (nSPS) is 14.1. The van der Waals surface area contributed by atoms with Crippen LogP contribution in [0.2, 0.25) is 0 Å². The maximum Gasteiger partial charge on any atom is 0.224 e. The van der Waals surface area contributed by atoms with Gasteiger partial charge in [0.05, 0.1) is 5.69 Å². The molecular formula is C19H21N5O. The standard InChI is InChI=1S/C19H21N5O/c1-4-5-10-19(22-23-19)11-8-18(25)21-16-6-7-17(24(2)3)14-9-12-20-13-15(14)16/h1,6-7,9,12-13H,5,8,10-11H2,2-3H3,(H,21,25). The molecule has 1 aromatic heterocycles. The molecule has 0 spiro atoms. The van der Waals surface area contributed by atoms with Crippen LogP contribution < -0.4 is 10.2 Å². The molecule has 1 amide bonds. The molecule has 0 aliphatic carbocycles. The first-order valence-corrected chi connectivity index (χ1v) is 8.26. The number of rotatable bonds is 7. The number of aromatic nitrogens is 1. The Labute approximate surface area is 147 Å². The van der Waals surface area contributed by atoms with Crippen LogP contribution in [0.25, 0.3) is 10.8 Å². The lowest BCUT2D eigenvalue weighted by Gasteiger charge is -2.17. The van der Waals surface area contributed by atoms with Crippen LogP contribution in [0.5, 0.6) is 0 Å². The fourth-order valence-electron chi connectivity index (χ4n) is 2.87. The van der Waals surface area contributed by atoms with Gasteiger partial charge >= 0.3 is 0 Å². The Hall–Kier alpha value is -2.94. The van der Waals surface area contributed by atoms with E-state index in [0.717, 1.165) is 22.1 Å².